The van der Waals surface area contributed by atoms with Gasteiger partial charge >= 0.3 is 5.97 Å². The summed E-state index contributed by atoms with van der Waals surface area (Å²) in [5, 5.41) is 11.3. The van der Waals surface area contributed by atoms with Crippen molar-refractivity contribution in [2.24, 2.45) is 0 Å². The smallest absolute Gasteiger partial charge is 0.304 e. The van der Waals surface area contributed by atoms with E-state index in [1.807, 2.05) is 0 Å². The van der Waals surface area contributed by atoms with E-state index < -0.39 is 5.97 Å². The first kappa shape index (κ1) is 12.4. The highest BCUT2D eigenvalue weighted by molar-refractivity contribution is 5.66. The van der Waals surface area contributed by atoms with E-state index in [0.717, 1.165) is 0 Å². The largest absolute Gasteiger partial charge is 0.492 e. The highest BCUT2D eigenvalue weighted by Crippen LogP contribution is 2.10. The number of hydrogen-bond acceptors (Lipinski definition) is 3. The van der Waals surface area contributed by atoms with Crippen molar-refractivity contribution in [3.05, 3.63) is 30.1 Å². The van der Waals surface area contributed by atoms with E-state index in [0.29, 0.717) is 25.4 Å². The highest BCUT2D eigenvalue weighted by atomic mass is 19.1. The number of rotatable bonds is 7. The van der Waals surface area contributed by atoms with Crippen LogP contribution < -0.4 is 10.1 Å². The summed E-state index contributed by atoms with van der Waals surface area (Å²) in [5.41, 5.74) is 0. The van der Waals surface area contributed by atoms with Crippen LogP contribution in [0, 0.1) is 5.82 Å². The van der Waals surface area contributed by atoms with Crippen LogP contribution in [0.4, 0.5) is 4.39 Å². The fourth-order valence-corrected chi connectivity index (χ4v) is 1.09. The van der Waals surface area contributed by atoms with Gasteiger partial charge in [0, 0.05) is 13.1 Å². The molecule has 0 aliphatic heterocycles. The molecule has 1 rings (SSSR count). The van der Waals surface area contributed by atoms with Gasteiger partial charge in [0.15, 0.2) is 0 Å². The monoisotopic (exact) mass is 227 g/mol. The lowest BCUT2D eigenvalue weighted by molar-refractivity contribution is -0.136. The van der Waals surface area contributed by atoms with E-state index in [9.17, 15) is 9.18 Å². The maximum atomic E-state index is 12.5. The van der Waals surface area contributed by atoms with Gasteiger partial charge in [0.05, 0.1) is 6.42 Å². The SMILES string of the molecule is O=C(O)CCNCCOc1ccc(F)cc1. The normalized spacial score (nSPS) is 10.1. The Bertz CT molecular complexity index is 327. The Labute approximate surface area is 93.0 Å². The van der Waals surface area contributed by atoms with Crippen molar-refractivity contribution in [1.29, 1.82) is 0 Å². The predicted molar refractivity (Wildman–Crippen MR) is 57.0 cm³/mol. The van der Waals surface area contributed by atoms with E-state index in [-0.39, 0.29) is 12.2 Å². The summed E-state index contributed by atoms with van der Waals surface area (Å²) in [6, 6.07) is 5.75. The number of benzene rings is 1. The second-order valence-electron chi connectivity index (χ2n) is 3.20. The predicted octanol–water partition coefficient (Wildman–Crippen LogP) is 1.27. The van der Waals surface area contributed by atoms with Crippen molar-refractivity contribution in [1.82, 2.24) is 5.32 Å². The van der Waals surface area contributed by atoms with Crippen LogP contribution >= 0.6 is 0 Å². The summed E-state index contributed by atoms with van der Waals surface area (Å²) in [7, 11) is 0. The second-order valence-corrected chi connectivity index (χ2v) is 3.20. The van der Waals surface area contributed by atoms with Crippen molar-refractivity contribution in [3.8, 4) is 5.75 Å². The van der Waals surface area contributed by atoms with Crippen LogP contribution in [0.1, 0.15) is 6.42 Å². The fourth-order valence-electron chi connectivity index (χ4n) is 1.09. The summed E-state index contributed by atoms with van der Waals surface area (Å²) < 4.78 is 17.8. The van der Waals surface area contributed by atoms with Crippen molar-refractivity contribution in [2.75, 3.05) is 19.7 Å². The molecule has 4 nitrogen and oxygen atoms in total. The number of nitrogens with one attached hydrogen (secondary N) is 1. The molecule has 0 saturated heterocycles. The van der Waals surface area contributed by atoms with E-state index in [1.165, 1.54) is 12.1 Å². The minimum absolute atomic E-state index is 0.0938. The Hall–Kier alpha value is -1.62. The molecule has 5 heteroatoms. The summed E-state index contributed by atoms with van der Waals surface area (Å²) in [5.74, 6) is -0.527. The third kappa shape index (κ3) is 5.31. The number of hydrogen-bond donors (Lipinski definition) is 2. The number of carboxylic acids is 1. The zero-order valence-electron chi connectivity index (χ0n) is 8.78. The van der Waals surface area contributed by atoms with Crippen molar-refractivity contribution < 1.29 is 19.0 Å². The van der Waals surface area contributed by atoms with Gasteiger partial charge in [-0.25, -0.2) is 4.39 Å². The molecule has 1 aromatic rings. The van der Waals surface area contributed by atoms with Crippen LogP contribution in [-0.4, -0.2) is 30.8 Å². The van der Waals surface area contributed by atoms with Gasteiger partial charge in [-0.1, -0.05) is 0 Å². The maximum Gasteiger partial charge on any atom is 0.304 e. The number of aliphatic carboxylic acids is 1. The molecule has 0 amide bonds. The first-order valence-corrected chi connectivity index (χ1v) is 4.99. The van der Waals surface area contributed by atoms with Crippen molar-refractivity contribution in [2.45, 2.75) is 6.42 Å². The van der Waals surface area contributed by atoms with Gasteiger partial charge in [0.1, 0.15) is 18.2 Å². The summed E-state index contributed by atoms with van der Waals surface area (Å²) in [6.07, 6.45) is 0.0938. The van der Waals surface area contributed by atoms with Crippen molar-refractivity contribution in [3.63, 3.8) is 0 Å². The van der Waals surface area contributed by atoms with Gasteiger partial charge in [-0.2, -0.15) is 0 Å². The molecule has 0 atom stereocenters. The Kier molecular flexibility index (Phi) is 5.28. The molecule has 0 spiro atoms. The topological polar surface area (TPSA) is 58.6 Å². The second kappa shape index (κ2) is 6.79. The van der Waals surface area contributed by atoms with Gasteiger partial charge in [0.2, 0.25) is 0 Å². The van der Waals surface area contributed by atoms with Gasteiger partial charge in [-0.15, -0.1) is 0 Å². The zero-order chi connectivity index (χ0) is 11.8. The lowest BCUT2D eigenvalue weighted by atomic mass is 10.3. The van der Waals surface area contributed by atoms with Gasteiger partial charge in [0.25, 0.3) is 0 Å². The third-order valence-electron chi connectivity index (χ3n) is 1.88. The number of halogens is 1. The molecule has 0 fully saturated rings. The number of carbonyl (C=O) groups is 1. The maximum absolute atomic E-state index is 12.5. The number of carboxylic acid groups (broad SMARTS) is 1. The molecule has 2 N–H and O–H groups in total. The minimum Gasteiger partial charge on any atom is -0.492 e. The zero-order valence-corrected chi connectivity index (χ0v) is 8.78. The molecule has 88 valence electrons. The average molecular weight is 227 g/mol. The van der Waals surface area contributed by atoms with Gasteiger partial charge < -0.3 is 15.2 Å². The summed E-state index contributed by atoms with van der Waals surface area (Å²) >= 11 is 0. The molecule has 0 unspecified atom stereocenters. The molecule has 0 radical (unpaired) electrons. The molecule has 0 saturated carbocycles. The molecule has 0 aliphatic carbocycles. The molecule has 1 aromatic carbocycles. The van der Waals surface area contributed by atoms with Gasteiger partial charge in [-0.05, 0) is 24.3 Å². The Morgan fingerprint density at radius 1 is 1.31 bits per heavy atom. The Morgan fingerprint density at radius 3 is 2.62 bits per heavy atom. The van der Waals surface area contributed by atoms with Crippen LogP contribution in [0.15, 0.2) is 24.3 Å². The molecule has 0 aromatic heterocycles. The van der Waals surface area contributed by atoms with Crippen LogP contribution in [0.5, 0.6) is 5.75 Å². The van der Waals surface area contributed by atoms with Crippen LogP contribution in [0.3, 0.4) is 0 Å². The summed E-state index contributed by atoms with van der Waals surface area (Å²) in [4.78, 5) is 10.2. The lowest BCUT2D eigenvalue weighted by Crippen LogP contribution is -2.23. The molecular formula is C11H14FNO3. The third-order valence-corrected chi connectivity index (χ3v) is 1.88. The van der Waals surface area contributed by atoms with Crippen LogP contribution in [-0.2, 0) is 4.79 Å². The number of ether oxygens (including phenoxy) is 1. The molecule has 16 heavy (non-hydrogen) atoms. The van der Waals surface area contributed by atoms with E-state index in [4.69, 9.17) is 9.84 Å². The molecular weight excluding hydrogens is 213 g/mol. The van der Waals surface area contributed by atoms with Crippen LogP contribution in [0.2, 0.25) is 0 Å². The van der Waals surface area contributed by atoms with E-state index in [2.05, 4.69) is 5.32 Å². The van der Waals surface area contributed by atoms with Gasteiger partial charge in [-0.3, -0.25) is 4.79 Å². The lowest BCUT2D eigenvalue weighted by Gasteiger charge is -2.06. The van der Waals surface area contributed by atoms with Crippen molar-refractivity contribution >= 4 is 5.97 Å². The molecule has 0 aliphatic rings. The average Bonchev–Trinajstić information content (AvgIpc) is 2.25. The fraction of sp³-hybridized carbons (Fsp3) is 0.364. The minimum atomic E-state index is -0.827. The molecule has 0 bridgehead atoms. The summed E-state index contributed by atoms with van der Waals surface area (Å²) in [6.45, 7) is 1.40. The standard InChI is InChI=1S/C11H14FNO3/c12-9-1-3-10(4-2-9)16-8-7-13-6-5-11(14)15/h1-4,13H,5-8H2,(H,14,15). The highest BCUT2D eigenvalue weighted by Gasteiger charge is 1.96. The van der Waals surface area contributed by atoms with E-state index in [1.54, 1.807) is 12.1 Å². The van der Waals surface area contributed by atoms with Crippen LogP contribution in [0.25, 0.3) is 0 Å². The molecule has 0 heterocycles. The van der Waals surface area contributed by atoms with E-state index >= 15 is 0 Å². The first-order valence-electron chi connectivity index (χ1n) is 4.99. The quantitative estimate of drug-likeness (QED) is 0.689. The Balaban J connectivity index is 2.07. The first-order chi connectivity index (χ1) is 7.68. The Morgan fingerprint density at radius 2 is 2.00 bits per heavy atom.